The summed E-state index contributed by atoms with van der Waals surface area (Å²) in [6, 6.07) is 5.12. The summed E-state index contributed by atoms with van der Waals surface area (Å²) in [5.41, 5.74) is 5.90. The van der Waals surface area contributed by atoms with Crippen molar-refractivity contribution in [3.63, 3.8) is 0 Å². The van der Waals surface area contributed by atoms with E-state index in [0.717, 1.165) is 25.9 Å². The van der Waals surface area contributed by atoms with Gasteiger partial charge >= 0.3 is 0 Å². The van der Waals surface area contributed by atoms with Crippen LogP contribution in [0.4, 0.5) is 0 Å². The third kappa shape index (κ3) is 5.20. The number of carbonyl (C=O) groups is 1. The Morgan fingerprint density at radius 2 is 2.05 bits per heavy atom. The summed E-state index contributed by atoms with van der Waals surface area (Å²) in [5.74, 6) is 0.898. The van der Waals surface area contributed by atoms with Crippen molar-refractivity contribution in [1.29, 1.82) is 0 Å². The predicted octanol–water partition coefficient (Wildman–Crippen LogP) is 3.38. The number of amides is 1. The average Bonchev–Trinajstić information content (AvgIpc) is 2.48. The molecule has 124 valence electrons. The topological polar surface area (TPSA) is 55.6 Å². The van der Waals surface area contributed by atoms with Crippen molar-refractivity contribution in [3.8, 4) is 5.75 Å². The van der Waals surface area contributed by atoms with Crippen LogP contribution < -0.4 is 10.5 Å². The molecule has 2 N–H and O–H groups in total. The molecule has 22 heavy (non-hydrogen) atoms. The monoisotopic (exact) mass is 366 g/mol. The van der Waals surface area contributed by atoms with Gasteiger partial charge in [-0.3, -0.25) is 4.79 Å². The molecule has 0 radical (unpaired) electrons. The number of ether oxygens (including phenoxy) is 1. The van der Waals surface area contributed by atoms with E-state index in [9.17, 15) is 4.79 Å². The lowest BCUT2D eigenvalue weighted by molar-refractivity contribution is -0.134. The minimum atomic E-state index is -0.0332. The van der Waals surface area contributed by atoms with Crippen molar-refractivity contribution < 1.29 is 9.53 Å². The van der Waals surface area contributed by atoms with Gasteiger partial charge in [-0.05, 0) is 37.8 Å². The number of nitrogens with two attached hydrogens (primary N) is 1. The number of hydrogen-bond acceptors (Lipinski definition) is 3. The maximum absolute atomic E-state index is 12.1. The van der Waals surface area contributed by atoms with E-state index in [0.29, 0.717) is 21.7 Å². The number of carbonyl (C=O) groups excluding carboxylic acids is 1. The number of hydrogen-bond donors (Lipinski definition) is 1. The molecular formula is C15H21Cl3N2O2. The second kappa shape index (κ2) is 8.82. The molecule has 1 amide bonds. The largest absolute Gasteiger partial charge is 0.482 e. The molecule has 1 aromatic rings. The highest BCUT2D eigenvalue weighted by Crippen LogP contribution is 2.28. The molecule has 0 aromatic heterocycles. The van der Waals surface area contributed by atoms with E-state index < -0.39 is 0 Å². The average molecular weight is 368 g/mol. The fraction of sp³-hybridized carbons (Fsp3) is 0.533. The Bertz CT molecular complexity index is 504. The highest BCUT2D eigenvalue weighted by Gasteiger charge is 2.25. The van der Waals surface area contributed by atoms with Crippen molar-refractivity contribution in [2.75, 3.05) is 19.7 Å². The molecule has 2 rings (SSSR count). The van der Waals surface area contributed by atoms with E-state index in [1.54, 1.807) is 18.2 Å². The van der Waals surface area contributed by atoms with Crippen LogP contribution in [0.2, 0.25) is 10.0 Å². The van der Waals surface area contributed by atoms with Crippen molar-refractivity contribution in [2.24, 2.45) is 11.7 Å². The highest BCUT2D eigenvalue weighted by molar-refractivity contribution is 6.34. The van der Waals surface area contributed by atoms with Crippen molar-refractivity contribution in [2.45, 2.75) is 25.8 Å². The van der Waals surface area contributed by atoms with Gasteiger partial charge in [0.2, 0.25) is 0 Å². The van der Waals surface area contributed by atoms with Crippen molar-refractivity contribution >= 4 is 41.5 Å². The Labute approximate surface area is 147 Å². The molecular weight excluding hydrogens is 347 g/mol. The second-order valence-electron chi connectivity index (χ2n) is 5.44. The second-order valence-corrected chi connectivity index (χ2v) is 6.28. The number of benzene rings is 1. The minimum Gasteiger partial charge on any atom is -0.482 e. The molecule has 1 aromatic carbocycles. The first-order valence-corrected chi connectivity index (χ1v) is 7.84. The summed E-state index contributed by atoms with van der Waals surface area (Å²) in [6.45, 7) is 3.46. The molecule has 7 heteroatoms. The van der Waals surface area contributed by atoms with Gasteiger partial charge in [-0.2, -0.15) is 0 Å². The Hall–Kier alpha value is -0.680. The van der Waals surface area contributed by atoms with E-state index in [-0.39, 0.29) is 31.0 Å². The molecule has 1 aliphatic rings. The fourth-order valence-electron chi connectivity index (χ4n) is 2.49. The van der Waals surface area contributed by atoms with Crippen LogP contribution in [0.5, 0.6) is 5.75 Å². The van der Waals surface area contributed by atoms with Gasteiger partial charge in [-0.1, -0.05) is 23.2 Å². The number of likely N-dealkylation sites (tertiary alicyclic amines) is 1. The highest BCUT2D eigenvalue weighted by atomic mass is 35.5. The molecule has 1 heterocycles. The lowest BCUT2D eigenvalue weighted by Crippen LogP contribution is -2.44. The summed E-state index contributed by atoms with van der Waals surface area (Å²) in [4.78, 5) is 14.0. The Morgan fingerprint density at radius 3 is 2.64 bits per heavy atom. The SMILES string of the molecule is CC(N)C1CCN(C(=O)COc2cc(Cl)ccc2Cl)CC1.Cl. The van der Waals surface area contributed by atoms with Crippen LogP contribution in [0.1, 0.15) is 19.8 Å². The number of rotatable bonds is 4. The number of halogens is 3. The molecule has 4 nitrogen and oxygen atoms in total. The zero-order chi connectivity index (χ0) is 15.4. The molecule has 0 bridgehead atoms. The summed E-state index contributed by atoms with van der Waals surface area (Å²) in [7, 11) is 0. The maximum Gasteiger partial charge on any atom is 0.260 e. The van der Waals surface area contributed by atoms with E-state index in [4.69, 9.17) is 33.7 Å². The Balaban J connectivity index is 0.00000242. The number of nitrogens with zero attached hydrogens (tertiary/aromatic N) is 1. The molecule has 0 spiro atoms. The van der Waals surface area contributed by atoms with Crippen LogP contribution in [0.3, 0.4) is 0 Å². The molecule has 1 fully saturated rings. The quantitative estimate of drug-likeness (QED) is 0.887. The van der Waals surface area contributed by atoms with Crippen molar-refractivity contribution in [3.05, 3.63) is 28.2 Å². The van der Waals surface area contributed by atoms with Gasteiger partial charge in [-0.25, -0.2) is 0 Å². The van der Waals surface area contributed by atoms with E-state index in [1.807, 2.05) is 11.8 Å². The molecule has 0 saturated carbocycles. The summed E-state index contributed by atoms with van der Waals surface area (Å²) in [5, 5.41) is 0.975. The van der Waals surface area contributed by atoms with Gasteiger partial charge in [0.1, 0.15) is 5.75 Å². The smallest absolute Gasteiger partial charge is 0.260 e. The van der Waals surface area contributed by atoms with Gasteiger partial charge in [0, 0.05) is 30.2 Å². The molecule has 0 aliphatic carbocycles. The van der Waals surface area contributed by atoms with Crippen LogP contribution in [0, 0.1) is 5.92 Å². The zero-order valence-electron chi connectivity index (χ0n) is 12.4. The Kier molecular flexibility index (Phi) is 7.77. The number of piperidine rings is 1. The Morgan fingerprint density at radius 1 is 1.41 bits per heavy atom. The summed E-state index contributed by atoms with van der Waals surface area (Å²) >= 11 is 11.9. The lowest BCUT2D eigenvalue weighted by Gasteiger charge is -2.33. The minimum absolute atomic E-state index is 0. The summed E-state index contributed by atoms with van der Waals surface area (Å²) in [6.07, 6.45) is 1.89. The van der Waals surface area contributed by atoms with Gasteiger partial charge in [0.05, 0.1) is 5.02 Å². The van der Waals surface area contributed by atoms with Crippen LogP contribution in [-0.2, 0) is 4.79 Å². The molecule has 1 atom stereocenters. The van der Waals surface area contributed by atoms with Crippen molar-refractivity contribution in [1.82, 2.24) is 4.90 Å². The normalized spacial score (nSPS) is 16.8. The lowest BCUT2D eigenvalue weighted by atomic mass is 9.91. The van der Waals surface area contributed by atoms with Crippen LogP contribution in [-0.4, -0.2) is 36.5 Å². The molecule has 1 saturated heterocycles. The van der Waals surface area contributed by atoms with Crippen LogP contribution in [0.25, 0.3) is 0 Å². The first-order chi connectivity index (χ1) is 9.97. The standard InChI is InChI=1S/C15H20Cl2N2O2.ClH/c1-10(18)11-4-6-19(7-5-11)15(20)9-21-14-8-12(16)2-3-13(14)17;/h2-3,8,10-11H,4-7,9,18H2,1H3;1H. The predicted molar refractivity (Wildman–Crippen MR) is 92.2 cm³/mol. The van der Waals surface area contributed by atoms with Gasteiger partial charge in [0.25, 0.3) is 5.91 Å². The maximum atomic E-state index is 12.1. The zero-order valence-corrected chi connectivity index (χ0v) is 14.8. The van der Waals surface area contributed by atoms with E-state index in [2.05, 4.69) is 0 Å². The van der Waals surface area contributed by atoms with Gasteiger partial charge in [-0.15, -0.1) is 12.4 Å². The van der Waals surface area contributed by atoms with E-state index in [1.165, 1.54) is 0 Å². The van der Waals surface area contributed by atoms with Crippen LogP contribution in [0.15, 0.2) is 18.2 Å². The first-order valence-electron chi connectivity index (χ1n) is 7.08. The van der Waals surface area contributed by atoms with E-state index >= 15 is 0 Å². The summed E-state index contributed by atoms with van der Waals surface area (Å²) < 4.78 is 5.47. The third-order valence-corrected chi connectivity index (χ3v) is 4.43. The first kappa shape index (κ1) is 19.4. The van der Waals surface area contributed by atoms with Gasteiger partial charge < -0.3 is 15.4 Å². The molecule has 1 unspecified atom stereocenters. The molecule has 1 aliphatic heterocycles. The third-order valence-electron chi connectivity index (χ3n) is 3.88. The van der Waals surface area contributed by atoms with Crippen LogP contribution >= 0.6 is 35.6 Å². The van der Waals surface area contributed by atoms with Gasteiger partial charge in [0.15, 0.2) is 6.61 Å². The fourth-order valence-corrected chi connectivity index (χ4v) is 2.83.